The topological polar surface area (TPSA) is 391 Å². The first-order chi connectivity index (χ1) is 52.2. The van der Waals surface area contributed by atoms with Crippen LogP contribution in [0.4, 0.5) is 11.4 Å². The SMILES string of the molecule is CO[C@H]1/C=C/O[C@@]2(C)Oc3c(C)c(O)c4c(O)c(c5c(nc6cc(C)ccn65)c4c3C2=O)NC(=O)/C(C)=C\C=C\[C@H](C)C(O)[C@@H](C)[C@@H](O)[C@@H](C)C(O)[C@@H]1C.CO[C@H]1/C=C/O[C@@]2(C)Oc3c(C)c(O)c4c(O)c(c5c(nc6cc(C)ccn65)c4c3C2=O)NC(=O)/C(C)=C\C=C\[C@H](C)C(O)[C@@H](C)[C@@H](O)[C@@H](C)C(OC(C)=O)[C@@H]1C. The molecule has 0 radical (unpaired) electrons. The summed E-state index contributed by atoms with van der Waals surface area (Å²) in [6.45, 7) is 28.1. The number of phenolic OH excluding ortho intramolecular Hbond substituents is 4. The highest BCUT2D eigenvalue weighted by Gasteiger charge is 2.52. The summed E-state index contributed by atoms with van der Waals surface area (Å²) in [7, 11) is 2.92. The molecule has 12 rings (SSSR count). The number of aromatic nitrogens is 4. The molecule has 0 spiro atoms. The number of carbonyl (C=O) groups is 5. The van der Waals surface area contributed by atoms with E-state index >= 15 is 0 Å². The number of anilines is 2. The molecule has 2 amide bonds. The molecule has 0 saturated carbocycles. The maximum absolute atomic E-state index is 14.6. The zero-order valence-corrected chi connectivity index (χ0v) is 65.7. The number of carbonyl (C=O) groups excluding carboxylic acids is 5. The van der Waals surface area contributed by atoms with E-state index in [-0.39, 0.29) is 111 Å². The summed E-state index contributed by atoms with van der Waals surface area (Å²) in [5, 5.41) is 110. The van der Waals surface area contributed by atoms with Crippen molar-refractivity contribution in [1.29, 1.82) is 0 Å². The molecular weight excluding hydrogens is 1430 g/mol. The van der Waals surface area contributed by atoms with Crippen LogP contribution in [0.5, 0.6) is 34.5 Å². The van der Waals surface area contributed by atoms with Gasteiger partial charge in [0.15, 0.2) is 11.5 Å². The number of aromatic hydroxyl groups is 4. The molecule has 0 fully saturated rings. The van der Waals surface area contributed by atoms with Gasteiger partial charge in [-0.05, 0) is 89.1 Å². The van der Waals surface area contributed by atoms with E-state index in [1.165, 1.54) is 66.6 Å². The zero-order chi connectivity index (χ0) is 81.4. The van der Waals surface area contributed by atoms with Crippen molar-refractivity contribution >= 4 is 95.6 Å². The number of nitrogens with zero attached hydrogens (tertiary/aromatic N) is 4. The molecule has 4 aromatic heterocycles. The number of aliphatic hydroxyl groups is 5. The summed E-state index contributed by atoms with van der Waals surface area (Å²) in [4.78, 5) is 78.6. The zero-order valence-electron chi connectivity index (χ0n) is 65.7. The second-order valence-corrected chi connectivity index (χ2v) is 30.6. The Hall–Kier alpha value is -10.4. The average Bonchev–Trinajstić information content (AvgIpc) is 1.56. The fourth-order valence-corrected chi connectivity index (χ4v) is 15.7. The number of rotatable bonds is 3. The molecule has 0 saturated heterocycles. The predicted octanol–water partition coefficient (Wildman–Crippen LogP) is 11.7. The number of phenols is 4. The number of fused-ring (bicyclic) bond motifs is 4. The first kappa shape index (κ1) is 81.6. The summed E-state index contributed by atoms with van der Waals surface area (Å²) in [6.07, 6.45) is 11.2. The molecule has 4 aromatic carbocycles. The van der Waals surface area contributed by atoms with Crippen LogP contribution in [0.2, 0.25) is 0 Å². The monoisotopic (exact) mass is 1530 g/mol. The molecule has 4 aliphatic rings. The van der Waals surface area contributed by atoms with Crippen LogP contribution in [0.15, 0.2) is 109 Å². The van der Waals surface area contributed by atoms with Crippen LogP contribution in [0.3, 0.4) is 0 Å². The third-order valence-corrected chi connectivity index (χ3v) is 22.8. The first-order valence-electron chi connectivity index (χ1n) is 37.0. The number of benzene rings is 4. The Bertz CT molecular complexity index is 5280. The van der Waals surface area contributed by atoms with E-state index in [0.29, 0.717) is 11.3 Å². The third-order valence-electron chi connectivity index (χ3n) is 22.8. The Labute approximate surface area is 641 Å². The van der Waals surface area contributed by atoms with Crippen LogP contribution < -0.4 is 20.1 Å². The molecule has 592 valence electrons. The number of nitrogens with one attached hydrogen (secondary N) is 2. The van der Waals surface area contributed by atoms with E-state index < -0.39 is 149 Å². The number of esters is 1. The van der Waals surface area contributed by atoms with Crippen molar-refractivity contribution in [2.24, 2.45) is 47.3 Å². The number of ether oxygens (including phenoxy) is 7. The summed E-state index contributed by atoms with van der Waals surface area (Å²) < 4.78 is 45.0. The number of Topliss-reactive ketones (excluding diaryl/α,β-unsaturated/α-hetero) is 2. The number of pyridine rings is 2. The van der Waals surface area contributed by atoms with E-state index in [9.17, 15) is 69.9 Å². The molecule has 4 aliphatic heterocycles. The van der Waals surface area contributed by atoms with Gasteiger partial charge in [-0.2, -0.15) is 0 Å². The van der Waals surface area contributed by atoms with Crippen molar-refractivity contribution in [3.63, 3.8) is 0 Å². The van der Waals surface area contributed by atoms with Gasteiger partial charge in [0.2, 0.25) is 0 Å². The quantitative estimate of drug-likeness (QED) is 0.0578. The first-order valence-corrected chi connectivity index (χ1v) is 37.0. The molecule has 111 heavy (non-hydrogen) atoms. The van der Waals surface area contributed by atoms with Crippen LogP contribution in [0.1, 0.15) is 133 Å². The van der Waals surface area contributed by atoms with Gasteiger partial charge in [0.25, 0.3) is 23.4 Å². The van der Waals surface area contributed by atoms with E-state index in [4.69, 9.17) is 43.1 Å². The van der Waals surface area contributed by atoms with Gasteiger partial charge >= 0.3 is 17.5 Å². The molecule has 18 atom stereocenters. The highest BCUT2D eigenvalue weighted by atomic mass is 16.7. The van der Waals surface area contributed by atoms with Crippen molar-refractivity contribution in [1.82, 2.24) is 18.8 Å². The Morgan fingerprint density at radius 2 is 0.874 bits per heavy atom. The van der Waals surface area contributed by atoms with Gasteiger partial charge in [0, 0.05) is 128 Å². The maximum Gasteiger partial charge on any atom is 0.312 e. The number of imidazole rings is 2. The summed E-state index contributed by atoms with van der Waals surface area (Å²) in [5.41, 5.74) is 4.45. The summed E-state index contributed by atoms with van der Waals surface area (Å²) >= 11 is 0. The van der Waals surface area contributed by atoms with Gasteiger partial charge in [-0.3, -0.25) is 32.8 Å². The molecule has 8 bridgehead atoms. The smallest absolute Gasteiger partial charge is 0.312 e. The highest BCUT2D eigenvalue weighted by Crippen LogP contribution is 2.56. The van der Waals surface area contributed by atoms with Crippen LogP contribution in [-0.4, -0.2) is 169 Å². The average molecular weight is 1530 g/mol. The molecule has 0 aliphatic carbocycles. The standard InChI is InChI=1S/C43H51N3O11.C41H49N3O10/c1-19-14-16-46-28(18-19)44-32-29-30-37(50)25(7)40-31(29)41(52)43(9,57-40)55-17-15-27(54-10)22(4)39(56-26(8)47)24(6)36(49)23(5)35(48)20(2)12-11-13-21(3)42(53)45-33(34(32)46)38(30)51;1-18-13-15-44-26(17-18)42-30-27-28-36(48)24(7)38-29(27)39(50)41(8,54-38)53-16-14-25(52-9)21(4)34(46)23(6)35(47)22(5)33(45)19(2)11-10-12-20(3)40(51)43-31(32(30)44)37(28)49/h11-18,20,22-24,27,35-36,39,48-51H,1-10H3,(H,45,53);10-17,19,21-23,25,33-35,45-49H,1-9H3,(H,43,51)/b12-11+,17-15+,21-13-;11-10+,16-14+,20-12-/t20-,22+,23+,24+,27-,35?,36+,39?,43-;19-,21+,22+,23-,25-,33?,34?,35+,41-/m00/s1. The molecule has 11 N–H and O–H groups in total. The van der Waals surface area contributed by atoms with Crippen molar-refractivity contribution in [2.45, 2.75) is 178 Å². The highest BCUT2D eigenvalue weighted by molar-refractivity contribution is 6.30. The normalized spacial score (nSPS) is 31.4. The van der Waals surface area contributed by atoms with Crippen molar-refractivity contribution in [3.8, 4) is 34.5 Å². The van der Waals surface area contributed by atoms with Crippen molar-refractivity contribution in [2.75, 3.05) is 24.9 Å². The minimum absolute atomic E-state index is 0.0185. The molecular formula is C84H100N6O21. The maximum atomic E-state index is 14.6. The van der Waals surface area contributed by atoms with Gasteiger partial charge in [-0.15, -0.1) is 0 Å². The number of aliphatic hydroxyl groups excluding tert-OH is 5. The lowest BCUT2D eigenvalue weighted by Crippen LogP contribution is -2.46. The Balaban J connectivity index is 0.000000220. The Morgan fingerprint density at radius 1 is 0.505 bits per heavy atom. The molecule has 27 nitrogen and oxygen atoms in total. The van der Waals surface area contributed by atoms with Crippen LogP contribution >= 0.6 is 0 Å². The molecule has 8 aromatic rings. The number of allylic oxidation sites excluding steroid dienone is 4. The Morgan fingerprint density at radius 3 is 1.26 bits per heavy atom. The number of aryl methyl sites for hydroxylation is 2. The third kappa shape index (κ3) is 14.5. The van der Waals surface area contributed by atoms with Gasteiger partial charge in [-0.1, -0.05) is 91.8 Å². The van der Waals surface area contributed by atoms with Crippen LogP contribution in [0.25, 0.3) is 54.9 Å². The van der Waals surface area contributed by atoms with Crippen molar-refractivity contribution in [3.05, 3.63) is 142 Å². The molecule has 8 heterocycles. The second kappa shape index (κ2) is 31.4. The fraction of sp³-hybridized carbons (Fsp3) is 0.440. The summed E-state index contributed by atoms with van der Waals surface area (Å²) in [6, 6.07) is 7.28. The lowest BCUT2D eigenvalue weighted by Gasteiger charge is -2.38. The van der Waals surface area contributed by atoms with Gasteiger partial charge in [0.05, 0.1) is 77.2 Å². The van der Waals surface area contributed by atoms with Crippen LogP contribution in [-0.2, 0) is 38.1 Å². The predicted molar refractivity (Wildman–Crippen MR) is 417 cm³/mol. The number of amides is 2. The van der Waals surface area contributed by atoms with Gasteiger partial charge < -0.3 is 89.8 Å². The van der Waals surface area contributed by atoms with E-state index in [0.717, 1.165) is 11.1 Å². The minimum Gasteiger partial charge on any atom is -0.507 e. The fourth-order valence-electron chi connectivity index (χ4n) is 15.7. The van der Waals surface area contributed by atoms with Crippen molar-refractivity contribution < 1.29 is 103 Å². The minimum atomic E-state index is -1.96. The molecule has 4 unspecified atom stereocenters. The second-order valence-electron chi connectivity index (χ2n) is 30.6. The van der Waals surface area contributed by atoms with E-state index in [1.807, 2.05) is 38.1 Å². The van der Waals surface area contributed by atoms with Crippen LogP contribution in [0, 0.1) is 75.0 Å². The summed E-state index contributed by atoms with van der Waals surface area (Å²) in [5.74, 6) is -13.2. The number of hydrogen-bond donors (Lipinski definition) is 11. The Kier molecular flexibility index (Phi) is 23.1. The largest absolute Gasteiger partial charge is 0.507 e. The molecule has 27 heteroatoms. The van der Waals surface area contributed by atoms with E-state index in [2.05, 4.69) is 10.6 Å². The van der Waals surface area contributed by atoms with Gasteiger partial charge in [-0.25, -0.2) is 9.97 Å². The number of hydrogen-bond acceptors (Lipinski definition) is 23. The lowest BCUT2D eigenvalue weighted by atomic mass is 9.78. The van der Waals surface area contributed by atoms with E-state index in [1.54, 1.807) is 134 Å². The number of ketones is 2. The lowest BCUT2D eigenvalue weighted by molar-refractivity contribution is -0.160. The number of methoxy groups -OCH3 is 2. The van der Waals surface area contributed by atoms with Gasteiger partial charge in [0.1, 0.15) is 73.8 Å².